The highest BCUT2D eigenvalue weighted by Crippen LogP contribution is 2.16. The van der Waals surface area contributed by atoms with E-state index in [1.165, 1.54) is 0 Å². The minimum atomic E-state index is -2.76. The van der Waals surface area contributed by atoms with Gasteiger partial charge in [-0.25, -0.2) is 8.42 Å². The van der Waals surface area contributed by atoms with E-state index in [1.54, 1.807) is 0 Å². The van der Waals surface area contributed by atoms with Crippen molar-refractivity contribution in [2.45, 2.75) is 45.2 Å². The van der Waals surface area contributed by atoms with Gasteiger partial charge in [-0.3, -0.25) is 0 Å². The monoisotopic (exact) mass is 262 g/mol. The van der Waals surface area contributed by atoms with Gasteiger partial charge < -0.3 is 10.2 Å². The van der Waals surface area contributed by atoms with Crippen LogP contribution >= 0.6 is 0 Å². The van der Waals surface area contributed by atoms with Gasteiger partial charge in [0.2, 0.25) is 0 Å². The van der Waals surface area contributed by atoms with Gasteiger partial charge in [0.15, 0.2) is 9.84 Å². The Labute approximate surface area is 106 Å². The van der Waals surface area contributed by atoms with Crippen LogP contribution in [0.15, 0.2) is 0 Å². The van der Waals surface area contributed by atoms with E-state index in [0.29, 0.717) is 11.5 Å². The summed E-state index contributed by atoms with van der Waals surface area (Å²) < 4.78 is 22.8. The maximum Gasteiger partial charge on any atom is 0.151 e. The van der Waals surface area contributed by atoms with Crippen LogP contribution in [-0.4, -0.2) is 56.5 Å². The third kappa shape index (κ3) is 4.94. The lowest BCUT2D eigenvalue weighted by Gasteiger charge is -2.28. The number of likely N-dealkylation sites (N-methyl/N-ethyl adjacent to an activating group) is 1. The Bertz CT molecular complexity index is 338. The van der Waals surface area contributed by atoms with Gasteiger partial charge >= 0.3 is 0 Å². The molecule has 1 aliphatic rings. The van der Waals surface area contributed by atoms with Crippen molar-refractivity contribution in [2.75, 3.05) is 31.6 Å². The fourth-order valence-corrected chi connectivity index (χ4v) is 3.81. The molecule has 0 aromatic carbocycles. The average Bonchev–Trinajstić information content (AvgIpc) is 2.58. The van der Waals surface area contributed by atoms with Gasteiger partial charge in [-0.2, -0.15) is 0 Å². The number of hydrogen-bond donors (Lipinski definition) is 1. The van der Waals surface area contributed by atoms with Crippen molar-refractivity contribution in [3.63, 3.8) is 0 Å². The molecule has 17 heavy (non-hydrogen) atoms. The first kappa shape index (κ1) is 14.9. The molecule has 102 valence electrons. The Kier molecular flexibility index (Phi) is 4.98. The van der Waals surface area contributed by atoms with Crippen LogP contribution in [-0.2, 0) is 9.84 Å². The quantitative estimate of drug-likeness (QED) is 0.772. The molecule has 0 bridgehead atoms. The van der Waals surface area contributed by atoms with Crippen LogP contribution in [0.2, 0.25) is 0 Å². The fourth-order valence-electron chi connectivity index (χ4n) is 2.00. The summed E-state index contributed by atoms with van der Waals surface area (Å²) in [6.45, 7) is 8.36. The van der Waals surface area contributed by atoms with Crippen LogP contribution < -0.4 is 5.32 Å². The maximum atomic E-state index is 11.4. The molecule has 0 aliphatic carbocycles. The van der Waals surface area contributed by atoms with Crippen LogP contribution in [0.4, 0.5) is 0 Å². The van der Waals surface area contributed by atoms with E-state index < -0.39 is 9.84 Å². The molecule has 0 radical (unpaired) electrons. The standard InChI is InChI=1S/C12H26N2O2S/c1-5-12(2,3)13-7-8-14(4)11-6-9-17(15,16)10-11/h11,13H,5-10H2,1-4H3. The summed E-state index contributed by atoms with van der Waals surface area (Å²) in [6, 6.07) is 0.214. The number of sulfone groups is 1. The Morgan fingerprint density at radius 3 is 2.53 bits per heavy atom. The Balaban J connectivity index is 2.29. The second-order valence-electron chi connectivity index (χ2n) is 5.70. The molecule has 4 nitrogen and oxygen atoms in total. The molecule has 1 unspecified atom stereocenters. The number of nitrogens with zero attached hydrogens (tertiary/aromatic N) is 1. The minimum absolute atomic E-state index is 0.169. The van der Waals surface area contributed by atoms with E-state index in [1.807, 2.05) is 7.05 Å². The van der Waals surface area contributed by atoms with Crippen LogP contribution in [0.1, 0.15) is 33.6 Å². The third-order valence-electron chi connectivity index (χ3n) is 3.78. The SMILES string of the molecule is CCC(C)(C)NCCN(C)C1CCS(=O)(=O)C1. The molecular formula is C12H26N2O2S. The smallest absolute Gasteiger partial charge is 0.151 e. The summed E-state index contributed by atoms with van der Waals surface area (Å²) >= 11 is 0. The van der Waals surface area contributed by atoms with Crippen molar-refractivity contribution >= 4 is 9.84 Å². The Hall–Kier alpha value is -0.130. The van der Waals surface area contributed by atoms with E-state index in [0.717, 1.165) is 25.9 Å². The highest BCUT2D eigenvalue weighted by molar-refractivity contribution is 7.91. The lowest BCUT2D eigenvalue weighted by Crippen LogP contribution is -2.44. The number of hydrogen-bond acceptors (Lipinski definition) is 4. The number of rotatable bonds is 6. The van der Waals surface area contributed by atoms with Gasteiger partial charge in [-0.05, 0) is 33.7 Å². The summed E-state index contributed by atoms with van der Waals surface area (Å²) in [6.07, 6.45) is 1.88. The first-order chi connectivity index (χ1) is 7.76. The zero-order valence-corrected chi connectivity index (χ0v) is 12.3. The topological polar surface area (TPSA) is 49.4 Å². The van der Waals surface area contributed by atoms with Crippen molar-refractivity contribution in [3.8, 4) is 0 Å². The third-order valence-corrected chi connectivity index (χ3v) is 5.53. The molecule has 0 spiro atoms. The highest BCUT2D eigenvalue weighted by atomic mass is 32.2. The van der Waals surface area contributed by atoms with Crippen molar-refractivity contribution < 1.29 is 8.42 Å². The molecule has 1 fully saturated rings. The molecule has 0 aromatic heterocycles. The van der Waals surface area contributed by atoms with Crippen molar-refractivity contribution in [2.24, 2.45) is 0 Å². The maximum absolute atomic E-state index is 11.4. The normalized spacial score (nSPS) is 24.4. The van der Waals surface area contributed by atoms with Crippen molar-refractivity contribution in [1.82, 2.24) is 10.2 Å². The first-order valence-corrected chi connectivity index (χ1v) is 8.23. The molecule has 0 aromatic rings. The zero-order valence-electron chi connectivity index (χ0n) is 11.5. The van der Waals surface area contributed by atoms with E-state index in [2.05, 4.69) is 31.0 Å². The summed E-state index contributed by atoms with van der Waals surface area (Å²) in [5.74, 6) is 0.691. The summed E-state index contributed by atoms with van der Waals surface area (Å²) in [4.78, 5) is 2.17. The Morgan fingerprint density at radius 2 is 2.06 bits per heavy atom. The van der Waals surface area contributed by atoms with Crippen LogP contribution in [0.5, 0.6) is 0 Å². The zero-order chi connectivity index (χ0) is 13.1. The van der Waals surface area contributed by atoms with Crippen LogP contribution in [0, 0.1) is 0 Å². The van der Waals surface area contributed by atoms with E-state index in [9.17, 15) is 8.42 Å². The van der Waals surface area contributed by atoms with Gasteiger partial charge in [0, 0.05) is 24.7 Å². The minimum Gasteiger partial charge on any atom is -0.311 e. The first-order valence-electron chi connectivity index (χ1n) is 6.41. The molecule has 5 heteroatoms. The highest BCUT2D eigenvalue weighted by Gasteiger charge is 2.30. The molecule has 1 N–H and O–H groups in total. The predicted octanol–water partition coefficient (Wildman–Crippen LogP) is 0.884. The molecule has 1 rings (SSSR count). The molecule has 0 amide bonds. The largest absolute Gasteiger partial charge is 0.311 e. The number of nitrogens with one attached hydrogen (secondary N) is 1. The van der Waals surface area contributed by atoms with Crippen molar-refractivity contribution in [1.29, 1.82) is 0 Å². The Morgan fingerprint density at radius 1 is 1.41 bits per heavy atom. The van der Waals surface area contributed by atoms with E-state index in [4.69, 9.17) is 0 Å². The van der Waals surface area contributed by atoms with Gasteiger partial charge in [0.25, 0.3) is 0 Å². The summed E-state index contributed by atoms with van der Waals surface area (Å²) in [5, 5.41) is 3.49. The summed E-state index contributed by atoms with van der Waals surface area (Å²) in [7, 11) is -0.741. The second-order valence-corrected chi connectivity index (χ2v) is 7.93. The predicted molar refractivity (Wildman–Crippen MR) is 72.1 cm³/mol. The van der Waals surface area contributed by atoms with Crippen LogP contribution in [0.3, 0.4) is 0 Å². The van der Waals surface area contributed by atoms with Crippen molar-refractivity contribution in [3.05, 3.63) is 0 Å². The van der Waals surface area contributed by atoms with Crippen LogP contribution in [0.25, 0.3) is 0 Å². The van der Waals surface area contributed by atoms with Gasteiger partial charge in [-0.1, -0.05) is 6.92 Å². The van der Waals surface area contributed by atoms with E-state index in [-0.39, 0.29) is 11.6 Å². The second kappa shape index (κ2) is 5.67. The molecule has 1 aliphatic heterocycles. The van der Waals surface area contributed by atoms with Gasteiger partial charge in [0.1, 0.15) is 0 Å². The molecule has 1 heterocycles. The molecule has 0 saturated carbocycles. The lowest BCUT2D eigenvalue weighted by atomic mass is 10.0. The molecular weight excluding hydrogens is 236 g/mol. The summed E-state index contributed by atoms with van der Waals surface area (Å²) in [5.41, 5.74) is 0.169. The fraction of sp³-hybridized carbons (Fsp3) is 1.00. The lowest BCUT2D eigenvalue weighted by molar-refractivity contribution is 0.247. The molecule has 1 saturated heterocycles. The van der Waals surface area contributed by atoms with Gasteiger partial charge in [-0.15, -0.1) is 0 Å². The van der Waals surface area contributed by atoms with E-state index >= 15 is 0 Å². The molecule has 1 atom stereocenters. The van der Waals surface area contributed by atoms with Gasteiger partial charge in [0.05, 0.1) is 11.5 Å². The average molecular weight is 262 g/mol.